The fourth-order valence-corrected chi connectivity index (χ4v) is 4.30. The first-order valence-corrected chi connectivity index (χ1v) is 8.53. The number of aromatic hydroxyl groups is 1. The molecule has 2 fully saturated rings. The van der Waals surface area contributed by atoms with Crippen LogP contribution in [0.5, 0.6) is 5.75 Å². The number of hydrogen-bond acceptors (Lipinski definition) is 5. The van der Waals surface area contributed by atoms with Crippen LogP contribution in [0.25, 0.3) is 11.3 Å². The highest BCUT2D eigenvalue weighted by molar-refractivity contribution is 5.71. The van der Waals surface area contributed by atoms with Crippen molar-refractivity contribution in [2.24, 2.45) is 5.41 Å². The van der Waals surface area contributed by atoms with Gasteiger partial charge in [0.05, 0.1) is 11.8 Å². The van der Waals surface area contributed by atoms with E-state index < -0.39 is 0 Å². The Morgan fingerprint density at radius 3 is 2.54 bits per heavy atom. The number of nitrogens with zero attached hydrogens (tertiary/aromatic N) is 3. The van der Waals surface area contributed by atoms with Crippen LogP contribution >= 0.6 is 0 Å². The summed E-state index contributed by atoms with van der Waals surface area (Å²) >= 11 is 0. The molecule has 1 atom stereocenters. The van der Waals surface area contributed by atoms with Crippen molar-refractivity contribution >= 4 is 5.82 Å². The molecule has 5 heteroatoms. The number of aryl methyl sites for hydroxylation is 2. The Labute approximate surface area is 142 Å². The maximum atomic E-state index is 10.2. The first kappa shape index (κ1) is 15.4. The SMILES string of the molecule is Cc1cc(C)c(-c2ccc(N3CC4(CC[C@@H](O)C4)C3)nn2)c(O)c1. The Morgan fingerprint density at radius 1 is 1.17 bits per heavy atom. The van der Waals surface area contributed by atoms with Crippen LogP contribution in [0.3, 0.4) is 0 Å². The molecule has 24 heavy (non-hydrogen) atoms. The van der Waals surface area contributed by atoms with Crippen LogP contribution in [-0.2, 0) is 0 Å². The first-order valence-electron chi connectivity index (χ1n) is 8.53. The third-order valence-corrected chi connectivity index (χ3v) is 5.42. The smallest absolute Gasteiger partial charge is 0.151 e. The number of aliphatic hydroxyl groups excluding tert-OH is 1. The molecule has 1 aromatic heterocycles. The molecule has 1 aromatic carbocycles. The van der Waals surface area contributed by atoms with E-state index in [0.717, 1.165) is 54.9 Å². The Morgan fingerprint density at radius 2 is 1.96 bits per heavy atom. The number of aromatic nitrogens is 2. The maximum Gasteiger partial charge on any atom is 0.151 e. The van der Waals surface area contributed by atoms with E-state index in [1.54, 1.807) is 6.07 Å². The predicted molar refractivity (Wildman–Crippen MR) is 93.1 cm³/mol. The van der Waals surface area contributed by atoms with Gasteiger partial charge in [0.15, 0.2) is 5.82 Å². The summed E-state index contributed by atoms with van der Waals surface area (Å²) in [7, 11) is 0. The fourth-order valence-electron chi connectivity index (χ4n) is 4.30. The molecule has 0 bridgehead atoms. The van der Waals surface area contributed by atoms with Gasteiger partial charge < -0.3 is 15.1 Å². The number of aliphatic hydroxyl groups is 1. The first-order chi connectivity index (χ1) is 11.5. The highest BCUT2D eigenvalue weighted by atomic mass is 16.3. The Kier molecular flexibility index (Phi) is 3.49. The fraction of sp³-hybridized carbons (Fsp3) is 0.474. The summed E-state index contributed by atoms with van der Waals surface area (Å²) in [5.41, 5.74) is 3.75. The average molecular weight is 325 g/mol. The highest BCUT2D eigenvalue weighted by Gasteiger charge is 2.48. The van der Waals surface area contributed by atoms with Gasteiger partial charge in [0.2, 0.25) is 0 Å². The second kappa shape index (κ2) is 5.45. The molecule has 1 aliphatic heterocycles. The van der Waals surface area contributed by atoms with Gasteiger partial charge in [-0.3, -0.25) is 0 Å². The predicted octanol–water partition coefficient (Wildman–Crippen LogP) is 2.82. The van der Waals surface area contributed by atoms with Gasteiger partial charge in [0.1, 0.15) is 5.75 Å². The molecular weight excluding hydrogens is 302 g/mol. The number of anilines is 1. The highest BCUT2D eigenvalue weighted by Crippen LogP contribution is 2.46. The van der Waals surface area contributed by atoms with Gasteiger partial charge in [0, 0.05) is 24.1 Å². The minimum atomic E-state index is -0.131. The quantitative estimate of drug-likeness (QED) is 0.888. The molecule has 2 aliphatic rings. The van der Waals surface area contributed by atoms with Crippen LogP contribution in [-0.4, -0.2) is 39.6 Å². The van der Waals surface area contributed by atoms with E-state index in [-0.39, 0.29) is 17.3 Å². The van der Waals surface area contributed by atoms with Gasteiger partial charge in [-0.25, -0.2) is 0 Å². The van der Waals surface area contributed by atoms with Gasteiger partial charge >= 0.3 is 0 Å². The monoisotopic (exact) mass is 325 g/mol. The van der Waals surface area contributed by atoms with Gasteiger partial charge in [-0.2, -0.15) is 0 Å². The molecule has 1 saturated heterocycles. The zero-order valence-electron chi connectivity index (χ0n) is 14.2. The molecule has 0 amide bonds. The minimum absolute atomic E-state index is 0.131. The van der Waals surface area contributed by atoms with Crippen molar-refractivity contribution in [3.8, 4) is 17.0 Å². The topological polar surface area (TPSA) is 69.5 Å². The molecular formula is C19H23N3O2. The van der Waals surface area contributed by atoms with E-state index in [1.165, 1.54) is 0 Å². The van der Waals surface area contributed by atoms with Crippen LogP contribution in [0, 0.1) is 19.3 Å². The average Bonchev–Trinajstić information content (AvgIpc) is 2.88. The van der Waals surface area contributed by atoms with Gasteiger partial charge in [-0.1, -0.05) is 6.07 Å². The van der Waals surface area contributed by atoms with Crippen LogP contribution in [0.1, 0.15) is 30.4 Å². The number of phenols is 1. The maximum absolute atomic E-state index is 10.2. The second-order valence-electron chi connectivity index (χ2n) is 7.51. The molecule has 2 heterocycles. The summed E-state index contributed by atoms with van der Waals surface area (Å²) in [5, 5.41) is 28.7. The summed E-state index contributed by atoms with van der Waals surface area (Å²) in [6.07, 6.45) is 2.80. The lowest BCUT2D eigenvalue weighted by atomic mass is 9.78. The zero-order chi connectivity index (χ0) is 16.9. The molecule has 1 spiro atoms. The molecule has 0 radical (unpaired) electrons. The molecule has 2 N–H and O–H groups in total. The van der Waals surface area contributed by atoms with Gasteiger partial charge in [-0.05, 0) is 62.4 Å². The molecule has 0 unspecified atom stereocenters. The van der Waals surface area contributed by atoms with Crippen molar-refractivity contribution in [3.63, 3.8) is 0 Å². The lowest BCUT2D eigenvalue weighted by Crippen LogP contribution is -2.55. The van der Waals surface area contributed by atoms with Crippen molar-refractivity contribution in [1.82, 2.24) is 10.2 Å². The van der Waals surface area contributed by atoms with Crippen molar-refractivity contribution in [2.75, 3.05) is 18.0 Å². The van der Waals surface area contributed by atoms with Gasteiger partial charge in [-0.15, -0.1) is 10.2 Å². The Hall–Kier alpha value is -2.14. The van der Waals surface area contributed by atoms with Crippen LogP contribution in [0.15, 0.2) is 24.3 Å². The third kappa shape index (κ3) is 2.53. The van der Waals surface area contributed by atoms with E-state index in [0.29, 0.717) is 5.69 Å². The van der Waals surface area contributed by atoms with Gasteiger partial charge in [0.25, 0.3) is 0 Å². The van der Waals surface area contributed by atoms with Crippen molar-refractivity contribution in [1.29, 1.82) is 0 Å². The Balaban J connectivity index is 1.52. The molecule has 1 saturated carbocycles. The van der Waals surface area contributed by atoms with Crippen molar-refractivity contribution in [3.05, 3.63) is 35.4 Å². The van der Waals surface area contributed by atoms with Crippen LogP contribution in [0.2, 0.25) is 0 Å². The molecule has 5 nitrogen and oxygen atoms in total. The van der Waals surface area contributed by atoms with E-state index in [1.807, 2.05) is 32.0 Å². The third-order valence-electron chi connectivity index (χ3n) is 5.42. The normalized spacial score (nSPS) is 22.0. The largest absolute Gasteiger partial charge is 0.507 e. The van der Waals surface area contributed by atoms with E-state index in [2.05, 4.69) is 15.1 Å². The summed E-state index contributed by atoms with van der Waals surface area (Å²) in [6, 6.07) is 7.69. The van der Waals surface area contributed by atoms with Crippen LogP contribution < -0.4 is 4.90 Å². The van der Waals surface area contributed by atoms with E-state index >= 15 is 0 Å². The summed E-state index contributed by atoms with van der Waals surface area (Å²) < 4.78 is 0. The minimum Gasteiger partial charge on any atom is -0.507 e. The molecule has 1 aliphatic carbocycles. The second-order valence-corrected chi connectivity index (χ2v) is 7.51. The Bertz CT molecular complexity index is 744. The number of rotatable bonds is 2. The lowest BCUT2D eigenvalue weighted by molar-refractivity contribution is 0.142. The molecule has 4 rings (SSSR count). The number of hydrogen-bond donors (Lipinski definition) is 2. The summed E-state index contributed by atoms with van der Waals surface area (Å²) in [5.74, 6) is 1.12. The molecule has 126 valence electrons. The lowest BCUT2D eigenvalue weighted by Gasteiger charge is -2.48. The van der Waals surface area contributed by atoms with Crippen LogP contribution in [0.4, 0.5) is 5.82 Å². The van der Waals surface area contributed by atoms with E-state index in [9.17, 15) is 10.2 Å². The van der Waals surface area contributed by atoms with Crippen molar-refractivity contribution < 1.29 is 10.2 Å². The van der Waals surface area contributed by atoms with E-state index in [4.69, 9.17) is 0 Å². The summed E-state index contributed by atoms with van der Waals surface area (Å²) in [6.45, 7) is 5.84. The standard InChI is InChI=1S/C19H23N3O2/c1-12-7-13(2)18(16(24)8-12)15-3-4-17(21-20-15)22-10-19(11-22)6-5-14(23)9-19/h3-4,7-8,14,23-24H,5-6,9-11H2,1-2H3/t14-/m1/s1. The number of phenolic OH excluding ortho intramolecular Hbond substituents is 1. The van der Waals surface area contributed by atoms with Crippen molar-refractivity contribution in [2.45, 2.75) is 39.2 Å². The number of benzene rings is 1. The summed E-state index contributed by atoms with van der Waals surface area (Å²) in [4.78, 5) is 2.22. The zero-order valence-corrected chi connectivity index (χ0v) is 14.2. The molecule has 2 aromatic rings.